The van der Waals surface area contributed by atoms with Crippen LogP contribution in [-0.2, 0) is 0 Å². The molecule has 4 nitrogen and oxygen atoms in total. The second kappa shape index (κ2) is 5.77. The molecule has 0 spiro atoms. The summed E-state index contributed by atoms with van der Waals surface area (Å²) in [5.41, 5.74) is 6.16. The number of benzene rings is 1. The minimum absolute atomic E-state index is 0.0759. The summed E-state index contributed by atoms with van der Waals surface area (Å²) in [4.78, 5) is 7.78. The molecular weight excluding hydrogens is 307 g/mol. The molecule has 0 aliphatic heterocycles. The maximum absolute atomic E-state index is 12.6. The Kier molecular flexibility index (Phi) is 4.22. The SMILES string of the molecule is CC(Oc1ncc(N)nc1-c1ccc(Cl)cc1)C(F)(F)F. The van der Waals surface area contributed by atoms with Gasteiger partial charge in [0, 0.05) is 10.6 Å². The molecule has 1 atom stereocenters. The third kappa shape index (κ3) is 3.75. The predicted octanol–water partition coefficient (Wildman–Crippen LogP) is 3.71. The molecule has 0 bridgehead atoms. The number of aromatic nitrogens is 2. The molecule has 1 aromatic carbocycles. The van der Waals surface area contributed by atoms with Gasteiger partial charge in [0.1, 0.15) is 11.5 Å². The summed E-state index contributed by atoms with van der Waals surface area (Å²) in [7, 11) is 0. The molecule has 0 aliphatic rings. The lowest BCUT2D eigenvalue weighted by Gasteiger charge is -2.18. The molecule has 1 unspecified atom stereocenters. The number of nitrogens with two attached hydrogens (primary N) is 1. The Morgan fingerprint density at radius 1 is 1.24 bits per heavy atom. The van der Waals surface area contributed by atoms with E-state index in [1.807, 2.05) is 0 Å². The summed E-state index contributed by atoms with van der Waals surface area (Å²) in [6, 6.07) is 6.35. The van der Waals surface area contributed by atoms with E-state index in [-0.39, 0.29) is 17.4 Å². The van der Waals surface area contributed by atoms with Gasteiger partial charge >= 0.3 is 6.18 Å². The van der Waals surface area contributed by atoms with Gasteiger partial charge < -0.3 is 10.5 Å². The van der Waals surface area contributed by atoms with Gasteiger partial charge in [0.25, 0.3) is 0 Å². The molecule has 21 heavy (non-hydrogen) atoms. The van der Waals surface area contributed by atoms with Crippen LogP contribution in [0.25, 0.3) is 11.3 Å². The van der Waals surface area contributed by atoms with E-state index in [9.17, 15) is 13.2 Å². The van der Waals surface area contributed by atoms with Crippen LogP contribution in [0.1, 0.15) is 6.92 Å². The van der Waals surface area contributed by atoms with Crippen molar-refractivity contribution in [1.82, 2.24) is 9.97 Å². The normalized spacial score (nSPS) is 13.0. The maximum atomic E-state index is 12.6. The Balaban J connectivity index is 2.40. The van der Waals surface area contributed by atoms with E-state index >= 15 is 0 Å². The van der Waals surface area contributed by atoms with Crippen LogP contribution < -0.4 is 10.5 Å². The number of hydrogen-bond acceptors (Lipinski definition) is 4. The first-order valence-electron chi connectivity index (χ1n) is 5.89. The maximum Gasteiger partial charge on any atom is 0.425 e. The van der Waals surface area contributed by atoms with E-state index in [1.54, 1.807) is 24.3 Å². The molecular formula is C13H11ClF3N3O. The first kappa shape index (κ1) is 15.4. The van der Waals surface area contributed by atoms with Crippen molar-refractivity contribution in [2.24, 2.45) is 0 Å². The first-order valence-corrected chi connectivity index (χ1v) is 6.27. The predicted molar refractivity (Wildman–Crippen MR) is 73.0 cm³/mol. The van der Waals surface area contributed by atoms with Crippen molar-refractivity contribution < 1.29 is 17.9 Å². The first-order chi connectivity index (χ1) is 9.77. The average Bonchev–Trinajstić information content (AvgIpc) is 2.40. The van der Waals surface area contributed by atoms with Crippen LogP contribution in [0.2, 0.25) is 5.02 Å². The molecule has 1 aromatic heterocycles. The van der Waals surface area contributed by atoms with Crippen molar-refractivity contribution in [3.8, 4) is 17.1 Å². The second-order valence-corrected chi connectivity index (χ2v) is 4.69. The van der Waals surface area contributed by atoms with Crippen LogP contribution >= 0.6 is 11.6 Å². The molecule has 0 saturated heterocycles. The van der Waals surface area contributed by atoms with Crippen LogP contribution in [0.15, 0.2) is 30.5 Å². The largest absolute Gasteiger partial charge is 0.463 e. The van der Waals surface area contributed by atoms with Gasteiger partial charge in [-0.25, -0.2) is 9.97 Å². The van der Waals surface area contributed by atoms with Gasteiger partial charge in [-0.2, -0.15) is 13.2 Å². The highest BCUT2D eigenvalue weighted by Gasteiger charge is 2.38. The number of ether oxygens (including phenoxy) is 1. The standard InChI is InChI=1S/C13H11ClF3N3O/c1-7(13(15,16)17)21-12-11(20-10(18)6-19-12)8-2-4-9(14)5-3-8/h2-7H,1H3,(H2,18,20). The number of hydrogen-bond donors (Lipinski definition) is 1. The molecule has 2 N–H and O–H groups in total. The Hall–Kier alpha value is -2.02. The lowest BCUT2D eigenvalue weighted by molar-refractivity contribution is -0.189. The van der Waals surface area contributed by atoms with E-state index < -0.39 is 12.3 Å². The lowest BCUT2D eigenvalue weighted by atomic mass is 10.1. The van der Waals surface area contributed by atoms with Crippen molar-refractivity contribution in [2.75, 3.05) is 5.73 Å². The Bertz CT molecular complexity index is 632. The Morgan fingerprint density at radius 3 is 2.43 bits per heavy atom. The highest BCUT2D eigenvalue weighted by Crippen LogP contribution is 2.31. The van der Waals surface area contributed by atoms with E-state index in [2.05, 4.69) is 9.97 Å². The molecule has 2 aromatic rings. The van der Waals surface area contributed by atoms with Crippen LogP contribution in [0.5, 0.6) is 5.88 Å². The molecule has 2 rings (SSSR count). The zero-order chi connectivity index (χ0) is 15.6. The molecule has 0 radical (unpaired) electrons. The quantitative estimate of drug-likeness (QED) is 0.937. The zero-order valence-electron chi connectivity index (χ0n) is 10.9. The summed E-state index contributed by atoms with van der Waals surface area (Å²) in [5.74, 6) is -0.164. The molecule has 1 heterocycles. The molecule has 112 valence electrons. The van der Waals surface area contributed by atoms with Crippen LogP contribution in [-0.4, -0.2) is 22.2 Å². The van der Waals surface area contributed by atoms with Crippen LogP contribution in [0, 0.1) is 0 Å². The highest BCUT2D eigenvalue weighted by molar-refractivity contribution is 6.30. The summed E-state index contributed by atoms with van der Waals surface area (Å²) in [6.45, 7) is 0.893. The fourth-order valence-electron chi connectivity index (χ4n) is 1.51. The summed E-state index contributed by atoms with van der Waals surface area (Å²) in [5, 5.41) is 0.488. The minimum atomic E-state index is -4.50. The van der Waals surface area contributed by atoms with E-state index in [0.29, 0.717) is 10.6 Å². The number of alkyl halides is 3. The Labute approximate surface area is 123 Å². The van der Waals surface area contributed by atoms with Gasteiger partial charge in [0.2, 0.25) is 5.88 Å². The van der Waals surface area contributed by atoms with Crippen molar-refractivity contribution in [3.63, 3.8) is 0 Å². The van der Waals surface area contributed by atoms with Gasteiger partial charge in [-0.15, -0.1) is 0 Å². The average molecular weight is 318 g/mol. The minimum Gasteiger partial charge on any atom is -0.463 e. The van der Waals surface area contributed by atoms with Gasteiger partial charge in [-0.1, -0.05) is 23.7 Å². The molecule has 0 fully saturated rings. The van der Waals surface area contributed by atoms with E-state index in [1.165, 1.54) is 0 Å². The van der Waals surface area contributed by atoms with Crippen molar-refractivity contribution in [1.29, 1.82) is 0 Å². The van der Waals surface area contributed by atoms with Gasteiger partial charge in [-0.3, -0.25) is 0 Å². The molecule has 0 aliphatic carbocycles. The topological polar surface area (TPSA) is 61.0 Å². The number of nitrogen functional groups attached to an aromatic ring is 1. The summed E-state index contributed by atoms with van der Waals surface area (Å²) < 4.78 is 42.6. The number of nitrogens with zero attached hydrogens (tertiary/aromatic N) is 2. The highest BCUT2D eigenvalue weighted by atomic mass is 35.5. The Morgan fingerprint density at radius 2 is 1.86 bits per heavy atom. The summed E-state index contributed by atoms with van der Waals surface area (Å²) in [6.07, 6.45) is -5.38. The fraction of sp³-hybridized carbons (Fsp3) is 0.231. The fourth-order valence-corrected chi connectivity index (χ4v) is 1.63. The molecule has 0 amide bonds. The summed E-state index contributed by atoms with van der Waals surface area (Å²) >= 11 is 5.77. The van der Waals surface area contributed by atoms with Crippen molar-refractivity contribution in [2.45, 2.75) is 19.2 Å². The lowest BCUT2D eigenvalue weighted by Crippen LogP contribution is -2.31. The zero-order valence-corrected chi connectivity index (χ0v) is 11.6. The van der Waals surface area contributed by atoms with Gasteiger partial charge in [-0.05, 0) is 19.1 Å². The van der Waals surface area contributed by atoms with Gasteiger partial charge in [0.15, 0.2) is 6.10 Å². The smallest absolute Gasteiger partial charge is 0.425 e. The number of anilines is 1. The van der Waals surface area contributed by atoms with Crippen molar-refractivity contribution in [3.05, 3.63) is 35.5 Å². The molecule has 0 saturated carbocycles. The van der Waals surface area contributed by atoms with E-state index in [4.69, 9.17) is 22.1 Å². The third-order valence-corrected chi connectivity index (χ3v) is 2.88. The number of halogens is 4. The third-order valence-electron chi connectivity index (χ3n) is 2.62. The molecule has 8 heteroatoms. The second-order valence-electron chi connectivity index (χ2n) is 4.26. The van der Waals surface area contributed by atoms with Gasteiger partial charge in [0.05, 0.1) is 6.20 Å². The monoisotopic (exact) mass is 317 g/mol. The van der Waals surface area contributed by atoms with E-state index in [0.717, 1.165) is 13.1 Å². The van der Waals surface area contributed by atoms with Crippen LogP contribution in [0.3, 0.4) is 0 Å². The number of rotatable bonds is 3. The van der Waals surface area contributed by atoms with Crippen LogP contribution in [0.4, 0.5) is 19.0 Å². The van der Waals surface area contributed by atoms with Crippen molar-refractivity contribution >= 4 is 17.4 Å².